The summed E-state index contributed by atoms with van der Waals surface area (Å²) in [4.78, 5) is 0. The van der Waals surface area contributed by atoms with Gasteiger partial charge in [-0.25, -0.2) is 0 Å². The zero-order chi connectivity index (χ0) is 18.7. The summed E-state index contributed by atoms with van der Waals surface area (Å²) >= 11 is 0. The minimum absolute atomic E-state index is 0.0575. The molecule has 0 bridgehead atoms. The van der Waals surface area contributed by atoms with E-state index in [1.54, 1.807) is 0 Å². The second kappa shape index (κ2) is 6.07. The monoisotopic (exact) mass is 360 g/mol. The van der Waals surface area contributed by atoms with Gasteiger partial charge in [0, 0.05) is 5.41 Å². The maximum atomic E-state index is 11.3. The van der Waals surface area contributed by atoms with Crippen LogP contribution in [0.25, 0.3) is 0 Å². The molecule has 0 aromatic rings. The molecule has 3 saturated carbocycles. The second-order valence-corrected chi connectivity index (χ2v) is 9.60. The summed E-state index contributed by atoms with van der Waals surface area (Å²) in [5.41, 5.74) is -0.115. The molecule has 0 saturated heterocycles. The van der Waals surface area contributed by atoms with E-state index in [0.29, 0.717) is 18.8 Å². The van der Waals surface area contributed by atoms with Crippen LogP contribution >= 0.6 is 0 Å². The molecule has 0 heterocycles. The van der Waals surface area contributed by atoms with E-state index in [0.717, 1.165) is 32.1 Å². The molecule has 4 nitrogen and oxygen atoms in total. The van der Waals surface area contributed by atoms with Crippen LogP contribution < -0.4 is 0 Å². The van der Waals surface area contributed by atoms with Crippen molar-refractivity contribution < 1.29 is 20.4 Å². The van der Waals surface area contributed by atoms with Crippen molar-refractivity contribution in [2.24, 2.45) is 28.6 Å². The summed E-state index contributed by atoms with van der Waals surface area (Å²) in [5, 5.41) is 41.5. The first-order chi connectivity index (χ1) is 12.2. The molecule has 0 unspecified atom stereocenters. The maximum absolute atomic E-state index is 11.3. The van der Waals surface area contributed by atoms with Gasteiger partial charge in [0.25, 0.3) is 0 Å². The highest BCUT2D eigenvalue weighted by molar-refractivity contribution is 5.31. The lowest BCUT2D eigenvalue weighted by Gasteiger charge is -2.59. The highest BCUT2D eigenvalue weighted by atomic mass is 16.3. The quantitative estimate of drug-likeness (QED) is 0.393. The molecule has 4 aliphatic carbocycles. The van der Waals surface area contributed by atoms with Crippen LogP contribution in [0, 0.1) is 40.4 Å². The molecule has 8 atom stereocenters. The number of hydrogen-bond donors (Lipinski definition) is 4. The van der Waals surface area contributed by atoms with Crippen molar-refractivity contribution in [3.8, 4) is 11.8 Å². The van der Waals surface area contributed by atoms with E-state index in [9.17, 15) is 15.3 Å². The van der Waals surface area contributed by atoms with Gasteiger partial charge in [-0.05, 0) is 68.1 Å². The molecular formula is C22H32O4. The van der Waals surface area contributed by atoms with Gasteiger partial charge in [-0.1, -0.05) is 37.3 Å². The molecule has 3 fully saturated rings. The van der Waals surface area contributed by atoms with E-state index in [1.807, 2.05) is 6.08 Å². The Morgan fingerprint density at radius 1 is 1.08 bits per heavy atom. The van der Waals surface area contributed by atoms with Gasteiger partial charge in [0.1, 0.15) is 12.2 Å². The second-order valence-electron chi connectivity index (χ2n) is 9.60. The van der Waals surface area contributed by atoms with E-state index in [2.05, 4.69) is 25.7 Å². The Balaban J connectivity index is 1.71. The van der Waals surface area contributed by atoms with E-state index in [-0.39, 0.29) is 35.4 Å². The van der Waals surface area contributed by atoms with Crippen molar-refractivity contribution in [1.29, 1.82) is 0 Å². The standard InChI is InChI=1S/C22H32O4/c1-20-8-4-15(24)12-14(20)13-18(25)19-16(20)5-9-21(2)17(19)6-10-22(21,26)7-3-11-23/h13,15-19,23-26H,4-6,8-12H2,1-2H3/t15-,16+,17+,18+,19-,20+,21+,22+/m1/s1. The highest BCUT2D eigenvalue weighted by Crippen LogP contribution is 2.67. The van der Waals surface area contributed by atoms with Crippen LogP contribution in [0.4, 0.5) is 0 Å². The Bertz CT molecular complexity index is 675. The third kappa shape index (κ3) is 2.37. The van der Waals surface area contributed by atoms with Crippen molar-refractivity contribution in [2.45, 2.75) is 76.6 Å². The van der Waals surface area contributed by atoms with Crippen molar-refractivity contribution in [1.82, 2.24) is 0 Å². The van der Waals surface area contributed by atoms with Crippen LogP contribution in [-0.2, 0) is 0 Å². The molecule has 0 aromatic carbocycles. The van der Waals surface area contributed by atoms with Gasteiger partial charge in [0.15, 0.2) is 0 Å². The third-order valence-corrected chi connectivity index (χ3v) is 8.63. The van der Waals surface area contributed by atoms with E-state index in [4.69, 9.17) is 5.11 Å². The minimum atomic E-state index is -1.07. The van der Waals surface area contributed by atoms with Gasteiger partial charge in [-0.2, -0.15) is 0 Å². The van der Waals surface area contributed by atoms with Crippen LogP contribution in [-0.4, -0.2) is 44.8 Å². The predicted molar refractivity (Wildman–Crippen MR) is 98.9 cm³/mol. The summed E-state index contributed by atoms with van der Waals surface area (Å²) in [7, 11) is 0. The van der Waals surface area contributed by atoms with Gasteiger partial charge in [0.05, 0.1) is 12.2 Å². The molecule has 0 aromatic heterocycles. The van der Waals surface area contributed by atoms with E-state index >= 15 is 0 Å². The predicted octanol–water partition coefficient (Wildman–Crippen LogP) is 2.01. The first-order valence-electron chi connectivity index (χ1n) is 10.2. The fourth-order valence-corrected chi connectivity index (χ4v) is 7.04. The lowest BCUT2D eigenvalue weighted by Crippen LogP contribution is -2.57. The Morgan fingerprint density at radius 3 is 2.54 bits per heavy atom. The zero-order valence-electron chi connectivity index (χ0n) is 15.9. The molecule has 144 valence electrons. The van der Waals surface area contributed by atoms with Crippen molar-refractivity contribution >= 4 is 0 Å². The van der Waals surface area contributed by atoms with Gasteiger partial charge in [-0.3, -0.25) is 0 Å². The smallest absolute Gasteiger partial charge is 0.131 e. The van der Waals surface area contributed by atoms with Gasteiger partial charge in [0.2, 0.25) is 0 Å². The maximum Gasteiger partial charge on any atom is 0.131 e. The van der Waals surface area contributed by atoms with E-state index < -0.39 is 11.7 Å². The lowest BCUT2D eigenvalue weighted by molar-refractivity contribution is -0.123. The zero-order valence-corrected chi connectivity index (χ0v) is 15.9. The molecule has 26 heavy (non-hydrogen) atoms. The minimum Gasteiger partial charge on any atom is -0.393 e. The largest absolute Gasteiger partial charge is 0.393 e. The van der Waals surface area contributed by atoms with Crippen LogP contribution in [0.1, 0.15) is 58.8 Å². The molecule has 4 aliphatic rings. The molecule has 0 amide bonds. The molecule has 4 rings (SSSR count). The van der Waals surface area contributed by atoms with Crippen LogP contribution in [0.2, 0.25) is 0 Å². The van der Waals surface area contributed by atoms with Gasteiger partial charge < -0.3 is 20.4 Å². The number of aliphatic hydroxyl groups is 4. The summed E-state index contributed by atoms with van der Waals surface area (Å²) in [6.45, 7) is 4.22. The molecule has 4 heteroatoms. The van der Waals surface area contributed by atoms with Crippen LogP contribution in [0.5, 0.6) is 0 Å². The molecule has 0 spiro atoms. The van der Waals surface area contributed by atoms with Crippen molar-refractivity contribution in [3.63, 3.8) is 0 Å². The normalized spacial score (nSPS) is 52.8. The highest BCUT2D eigenvalue weighted by Gasteiger charge is 2.64. The first-order valence-corrected chi connectivity index (χ1v) is 10.2. The average molecular weight is 360 g/mol. The SMILES string of the molecule is C[C@]12CC[C@@H](O)CC1=C[C@H](O)[C@@H]1[C@@H]2CC[C@@]2(C)[C@H]1CC[C@@]2(O)C#CCO. The van der Waals surface area contributed by atoms with Crippen molar-refractivity contribution in [3.05, 3.63) is 11.6 Å². The number of fused-ring (bicyclic) bond motifs is 5. The fourth-order valence-electron chi connectivity index (χ4n) is 7.04. The number of aliphatic hydroxyl groups excluding tert-OH is 3. The van der Waals surface area contributed by atoms with Crippen LogP contribution in [0.3, 0.4) is 0 Å². The fraction of sp³-hybridized carbons (Fsp3) is 0.818. The number of hydrogen-bond acceptors (Lipinski definition) is 4. The summed E-state index contributed by atoms with van der Waals surface area (Å²) in [6, 6.07) is 0. The summed E-state index contributed by atoms with van der Waals surface area (Å²) in [5.74, 6) is 6.41. The Morgan fingerprint density at radius 2 is 1.81 bits per heavy atom. The Labute approximate surface area is 156 Å². The summed E-state index contributed by atoms with van der Waals surface area (Å²) < 4.78 is 0. The topological polar surface area (TPSA) is 80.9 Å². The van der Waals surface area contributed by atoms with E-state index in [1.165, 1.54) is 5.57 Å². The summed E-state index contributed by atoms with van der Waals surface area (Å²) in [6.07, 6.45) is 7.08. The number of rotatable bonds is 0. The first kappa shape index (κ1) is 18.5. The Hall–Kier alpha value is -0.860. The van der Waals surface area contributed by atoms with Gasteiger partial charge >= 0.3 is 0 Å². The lowest BCUT2D eigenvalue weighted by atomic mass is 9.46. The molecule has 0 aliphatic heterocycles. The molecule has 0 radical (unpaired) electrons. The molecule has 4 N–H and O–H groups in total. The van der Waals surface area contributed by atoms with Crippen molar-refractivity contribution in [2.75, 3.05) is 6.61 Å². The van der Waals surface area contributed by atoms with Gasteiger partial charge in [-0.15, -0.1) is 0 Å². The van der Waals surface area contributed by atoms with Crippen LogP contribution in [0.15, 0.2) is 11.6 Å². The average Bonchev–Trinajstić information content (AvgIpc) is 2.87. The Kier molecular flexibility index (Phi) is 4.32. The molecular weight excluding hydrogens is 328 g/mol. The third-order valence-electron chi connectivity index (χ3n) is 8.63.